The van der Waals surface area contributed by atoms with E-state index in [1.165, 1.54) is 0 Å². The van der Waals surface area contributed by atoms with Gasteiger partial charge in [-0.2, -0.15) is 5.10 Å². The highest BCUT2D eigenvalue weighted by Gasteiger charge is 2.14. The van der Waals surface area contributed by atoms with E-state index in [1.54, 1.807) is 7.11 Å². The average molecular weight is 272 g/mol. The number of aromatic nitrogens is 2. The van der Waals surface area contributed by atoms with E-state index >= 15 is 0 Å². The molecule has 1 aromatic carbocycles. The molecule has 20 heavy (non-hydrogen) atoms. The van der Waals surface area contributed by atoms with Gasteiger partial charge in [0.15, 0.2) is 5.78 Å². The Kier molecular flexibility index (Phi) is 4.23. The normalized spacial score (nSPS) is 10.8. The predicted molar refractivity (Wildman–Crippen MR) is 78.4 cm³/mol. The number of Topliss-reactive ketones (excluding diaryl/α,β-unsaturated/α-hetero) is 1. The van der Waals surface area contributed by atoms with Gasteiger partial charge in [-0.25, -0.2) is 0 Å². The van der Waals surface area contributed by atoms with Gasteiger partial charge in [0.05, 0.1) is 24.8 Å². The molecule has 1 aromatic heterocycles. The van der Waals surface area contributed by atoms with Crippen molar-refractivity contribution in [3.05, 3.63) is 47.3 Å². The summed E-state index contributed by atoms with van der Waals surface area (Å²) in [4.78, 5) is 12.4. The molecule has 0 amide bonds. The van der Waals surface area contributed by atoms with E-state index in [0.29, 0.717) is 23.8 Å². The van der Waals surface area contributed by atoms with Crippen molar-refractivity contribution >= 4 is 5.78 Å². The predicted octanol–water partition coefficient (Wildman–Crippen LogP) is 3.21. The first-order chi connectivity index (χ1) is 9.51. The van der Waals surface area contributed by atoms with Crippen molar-refractivity contribution in [2.45, 2.75) is 33.2 Å². The van der Waals surface area contributed by atoms with Gasteiger partial charge < -0.3 is 4.74 Å². The lowest BCUT2D eigenvalue weighted by molar-refractivity contribution is 0.0988. The summed E-state index contributed by atoms with van der Waals surface area (Å²) in [7, 11) is 1.58. The van der Waals surface area contributed by atoms with Crippen molar-refractivity contribution in [1.29, 1.82) is 0 Å². The zero-order valence-corrected chi connectivity index (χ0v) is 12.4. The third-order valence-corrected chi connectivity index (χ3v) is 3.19. The highest BCUT2D eigenvalue weighted by Crippen LogP contribution is 2.21. The molecule has 2 rings (SSSR count). The van der Waals surface area contributed by atoms with Crippen LogP contribution in [0.4, 0.5) is 0 Å². The van der Waals surface area contributed by atoms with Gasteiger partial charge in [0.1, 0.15) is 5.75 Å². The van der Waals surface area contributed by atoms with Crippen molar-refractivity contribution < 1.29 is 9.53 Å². The van der Waals surface area contributed by atoms with Crippen molar-refractivity contribution in [2.75, 3.05) is 7.11 Å². The van der Waals surface area contributed by atoms with Crippen LogP contribution in [-0.2, 0) is 6.42 Å². The Morgan fingerprint density at radius 1 is 1.35 bits per heavy atom. The minimum absolute atomic E-state index is 0.0239. The number of rotatable bonds is 5. The van der Waals surface area contributed by atoms with Crippen molar-refractivity contribution in [3.63, 3.8) is 0 Å². The maximum absolute atomic E-state index is 12.4. The molecule has 0 unspecified atom stereocenters. The van der Waals surface area contributed by atoms with Crippen molar-refractivity contribution in [1.82, 2.24) is 9.78 Å². The second kappa shape index (κ2) is 5.90. The van der Waals surface area contributed by atoms with Crippen LogP contribution < -0.4 is 4.74 Å². The number of aryl methyl sites for hydroxylation is 1. The number of ether oxygens (including phenoxy) is 1. The van der Waals surface area contributed by atoms with Gasteiger partial charge in [-0.3, -0.25) is 9.48 Å². The fourth-order valence-electron chi connectivity index (χ4n) is 2.05. The summed E-state index contributed by atoms with van der Waals surface area (Å²) < 4.78 is 7.14. The summed E-state index contributed by atoms with van der Waals surface area (Å²) in [6.45, 7) is 6.09. The van der Waals surface area contributed by atoms with Crippen LogP contribution >= 0.6 is 0 Å². The molecule has 0 bridgehead atoms. The van der Waals surface area contributed by atoms with Gasteiger partial charge in [-0.05, 0) is 44.5 Å². The van der Waals surface area contributed by atoms with Crippen LogP contribution in [0.15, 0.2) is 30.5 Å². The minimum Gasteiger partial charge on any atom is -0.496 e. The van der Waals surface area contributed by atoms with Gasteiger partial charge in [0.2, 0.25) is 0 Å². The molecule has 0 fully saturated rings. The molecule has 0 saturated heterocycles. The molecule has 0 aliphatic heterocycles. The quantitative estimate of drug-likeness (QED) is 0.785. The lowest BCUT2D eigenvalue weighted by Gasteiger charge is -2.08. The molecular formula is C16H20N2O2. The third-order valence-electron chi connectivity index (χ3n) is 3.19. The fraction of sp³-hybridized carbons (Fsp3) is 0.375. The second-order valence-corrected chi connectivity index (χ2v) is 5.18. The van der Waals surface area contributed by atoms with E-state index in [9.17, 15) is 4.79 Å². The zero-order valence-electron chi connectivity index (χ0n) is 12.4. The number of ketones is 1. The molecule has 1 heterocycles. The number of carbonyl (C=O) groups is 1. The molecule has 106 valence electrons. The molecule has 0 aliphatic rings. The topological polar surface area (TPSA) is 44.1 Å². The summed E-state index contributed by atoms with van der Waals surface area (Å²) in [5, 5.41) is 4.40. The molecule has 2 aromatic rings. The van der Waals surface area contributed by atoms with Gasteiger partial charge >= 0.3 is 0 Å². The third kappa shape index (κ3) is 3.07. The summed E-state index contributed by atoms with van der Waals surface area (Å²) >= 11 is 0. The number of methoxy groups -OCH3 is 1. The number of hydrogen-bond donors (Lipinski definition) is 0. The Labute approximate surface area is 119 Å². The van der Waals surface area contributed by atoms with Crippen LogP contribution in [-0.4, -0.2) is 22.7 Å². The monoisotopic (exact) mass is 272 g/mol. The lowest BCUT2D eigenvalue weighted by atomic mass is 10.0. The molecule has 0 spiro atoms. The zero-order chi connectivity index (χ0) is 14.7. The molecule has 0 aliphatic carbocycles. The van der Waals surface area contributed by atoms with Crippen LogP contribution in [0.3, 0.4) is 0 Å². The Morgan fingerprint density at radius 3 is 2.70 bits per heavy atom. The van der Waals surface area contributed by atoms with E-state index < -0.39 is 0 Å². The Balaban J connectivity index is 2.19. The Bertz CT molecular complexity index is 615. The summed E-state index contributed by atoms with van der Waals surface area (Å²) in [6.07, 6.45) is 2.19. The van der Waals surface area contributed by atoms with E-state index in [4.69, 9.17) is 4.74 Å². The number of hydrogen-bond acceptors (Lipinski definition) is 3. The lowest BCUT2D eigenvalue weighted by Crippen LogP contribution is -2.08. The Morgan fingerprint density at radius 2 is 2.10 bits per heavy atom. The van der Waals surface area contributed by atoms with Crippen LogP contribution in [0.2, 0.25) is 0 Å². The maximum atomic E-state index is 12.4. The molecule has 4 nitrogen and oxygen atoms in total. The van der Waals surface area contributed by atoms with Gasteiger partial charge in [-0.15, -0.1) is 0 Å². The minimum atomic E-state index is 0.0239. The smallest absolute Gasteiger partial charge is 0.172 e. The number of benzene rings is 1. The van der Waals surface area contributed by atoms with E-state index in [2.05, 4.69) is 18.9 Å². The van der Waals surface area contributed by atoms with Crippen LogP contribution in [0, 0.1) is 6.92 Å². The molecular weight excluding hydrogens is 252 g/mol. The molecule has 0 radical (unpaired) electrons. The number of nitrogens with zero attached hydrogens (tertiary/aromatic N) is 2. The first-order valence-electron chi connectivity index (χ1n) is 6.73. The van der Waals surface area contributed by atoms with Gasteiger partial charge in [0, 0.05) is 12.2 Å². The van der Waals surface area contributed by atoms with E-state index in [-0.39, 0.29) is 5.78 Å². The van der Waals surface area contributed by atoms with Crippen LogP contribution in [0.1, 0.15) is 41.5 Å². The van der Waals surface area contributed by atoms with Crippen molar-refractivity contribution in [2.24, 2.45) is 0 Å². The van der Waals surface area contributed by atoms with Gasteiger partial charge in [-0.1, -0.05) is 6.07 Å². The number of carbonyl (C=O) groups excluding carboxylic acids is 1. The largest absolute Gasteiger partial charge is 0.496 e. The maximum Gasteiger partial charge on any atom is 0.172 e. The summed E-state index contributed by atoms with van der Waals surface area (Å²) in [6, 6.07) is 7.80. The highest BCUT2D eigenvalue weighted by molar-refractivity contribution is 5.99. The first kappa shape index (κ1) is 14.3. The second-order valence-electron chi connectivity index (χ2n) is 5.18. The molecule has 0 N–H and O–H groups in total. The summed E-state index contributed by atoms with van der Waals surface area (Å²) in [5.41, 5.74) is 2.46. The SMILES string of the molecule is COc1cc(C)ccc1C(=O)Cc1ccn(C(C)C)n1. The van der Waals surface area contributed by atoms with Crippen LogP contribution in [0.5, 0.6) is 5.75 Å². The fourth-order valence-corrected chi connectivity index (χ4v) is 2.05. The van der Waals surface area contributed by atoms with Crippen LogP contribution in [0.25, 0.3) is 0 Å². The molecule has 4 heteroatoms. The Hall–Kier alpha value is -2.10. The molecule has 0 atom stereocenters. The highest BCUT2D eigenvalue weighted by atomic mass is 16.5. The first-order valence-corrected chi connectivity index (χ1v) is 6.73. The standard InChI is InChI=1S/C16H20N2O2/c1-11(2)18-8-7-13(17-18)10-15(19)14-6-5-12(3)9-16(14)20-4/h5-9,11H,10H2,1-4H3. The molecule has 0 saturated carbocycles. The van der Waals surface area contributed by atoms with Gasteiger partial charge in [0.25, 0.3) is 0 Å². The summed E-state index contributed by atoms with van der Waals surface area (Å²) in [5.74, 6) is 0.647. The van der Waals surface area contributed by atoms with Crippen molar-refractivity contribution in [3.8, 4) is 5.75 Å². The average Bonchev–Trinajstić information content (AvgIpc) is 2.87. The van der Waals surface area contributed by atoms with E-state index in [0.717, 1.165) is 11.3 Å². The van der Waals surface area contributed by atoms with E-state index in [1.807, 2.05) is 42.1 Å².